The van der Waals surface area contributed by atoms with Gasteiger partial charge in [0.25, 0.3) is 0 Å². The first-order valence-corrected chi connectivity index (χ1v) is 20.3. The highest BCUT2D eigenvalue weighted by Crippen LogP contribution is 2.64. The number of hydrogen-bond donors (Lipinski definition) is 0. The minimum absolute atomic E-state index is 0.112. The third kappa shape index (κ3) is 2.97. The number of benzene rings is 8. The fraction of sp³-hybridized carbons (Fsp3) is 0.0196. The van der Waals surface area contributed by atoms with Crippen LogP contribution < -0.4 is 15.8 Å². The second-order valence-corrected chi connectivity index (χ2v) is 16.9. The molecule has 3 nitrogen and oxygen atoms in total. The van der Waals surface area contributed by atoms with Gasteiger partial charge in [-0.15, -0.1) is 11.3 Å². The number of nitrogens with zero attached hydrogens (tertiary/aromatic N) is 2. The van der Waals surface area contributed by atoms with Crippen molar-refractivity contribution in [2.45, 2.75) is 5.41 Å². The molecule has 56 heavy (non-hydrogen) atoms. The van der Waals surface area contributed by atoms with Gasteiger partial charge in [0.05, 0.1) is 22.2 Å². The van der Waals surface area contributed by atoms with Crippen molar-refractivity contribution in [3.05, 3.63) is 186 Å². The molecular formula is C51H27BN2OS. The van der Waals surface area contributed by atoms with E-state index in [4.69, 9.17) is 4.42 Å². The van der Waals surface area contributed by atoms with E-state index in [-0.39, 0.29) is 6.85 Å². The van der Waals surface area contributed by atoms with E-state index in [9.17, 15) is 0 Å². The first kappa shape index (κ1) is 28.6. The van der Waals surface area contributed by atoms with Gasteiger partial charge in [-0.3, -0.25) is 0 Å². The van der Waals surface area contributed by atoms with Crippen molar-refractivity contribution in [2.75, 3.05) is 4.90 Å². The highest BCUT2D eigenvalue weighted by atomic mass is 32.1. The molecule has 1 spiro atoms. The van der Waals surface area contributed by atoms with E-state index < -0.39 is 5.41 Å². The lowest BCUT2D eigenvalue weighted by molar-refractivity contribution is 0.651. The van der Waals surface area contributed by atoms with Gasteiger partial charge in [0.15, 0.2) is 5.71 Å². The molecule has 0 saturated heterocycles. The molecule has 0 unspecified atom stereocenters. The van der Waals surface area contributed by atoms with E-state index in [0.29, 0.717) is 0 Å². The van der Waals surface area contributed by atoms with Gasteiger partial charge in [-0.25, -0.2) is 0 Å². The number of anilines is 3. The van der Waals surface area contributed by atoms with Crippen LogP contribution in [0, 0.1) is 0 Å². The summed E-state index contributed by atoms with van der Waals surface area (Å²) in [5.41, 5.74) is 19.7. The Labute approximate surface area is 325 Å². The Morgan fingerprint density at radius 1 is 0.500 bits per heavy atom. The van der Waals surface area contributed by atoms with Crippen LogP contribution in [0.25, 0.3) is 75.4 Å². The summed E-state index contributed by atoms with van der Waals surface area (Å²) in [4.78, 5) is 2.68. The number of aromatic nitrogens is 1. The number of fused-ring (bicyclic) bond motifs is 22. The van der Waals surface area contributed by atoms with Gasteiger partial charge in [-0.05, 0) is 74.1 Å². The largest absolute Gasteiger partial charge is 0.441 e. The molecule has 0 radical (unpaired) electrons. The van der Waals surface area contributed by atoms with Crippen molar-refractivity contribution < 1.29 is 4.42 Å². The molecule has 0 N–H and O–H groups in total. The molecule has 3 aromatic heterocycles. The van der Waals surface area contributed by atoms with Gasteiger partial charge < -0.3 is 13.8 Å². The first-order chi connectivity index (χ1) is 27.8. The molecule has 0 bridgehead atoms. The van der Waals surface area contributed by atoms with Crippen LogP contribution >= 0.6 is 11.3 Å². The molecule has 11 aromatic rings. The lowest BCUT2D eigenvalue weighted by Crippen LogP contribution is -2.58. The molecule has 0 amide bonds. The minimum atomic E-state index is -0.496. The van der Waals surface area contributed by atoms with Gasteiger partial charge in [0.1, 0.15) is 5.58 Å². The van der Waals surface area contributed by atoms with Crippen molar-refractivity contribution in [1.82, 2.24) is 4.48 Å². The summed E-state index contributed by atoms with van der Waals surface area (Å²) in [6, 6.07) is 61.6. The van der Waals surface area contributed by atoms with Crippen LogP contribution in [0.15, 0.2) is 168 Å². The number of rotatable bonds is 0. The third-order valence-corrected chi connectivity index (χ3v) is 14.7. The Bertz CT molecular complexity index is 3600. The Morgan fingerprint density at radius 3 is 2.02 bits per heavy atom. The molecule has 0 saturated carbocycles. The predicted octanol–water partition coefficient (Wildman–Crippen LogP) is 12.0. The molecule has 3 aliphatic heterocycles. The summed E-state index contributed by atoms with van der Waals surface area (Å²) in [6.45, 7) is -0.112. The van der Waals surface area contributed by atoms with Gasteiger partial charge in [-0.2, -0.15) is 0 Å². The van der Waals surface area contributed by atoms with Crippen molar-refractivity contribution in [1.29, 1.82) is 0 Å². The van der Waals surface area contributed by atoms with E-state index in [1.165, 1.54) is 114 Å². The molecule has 6 heterocycles. The summed E-state index contributed by atoms with van der Waals surface area (Å²) in [5.74, 6) is 0. The van der Waals surface area contributed by atoms with Gasteiger partial charge >= 0.3 is 6.85 Å². The fourth-order valence-electron chi connectivity index (χ4n) is 11.7. The van der Waals surface area contributed by atoms with Crippen molar-refractivity contribution in [3.63, 3.8) is 0 Å². The van der Waals surface area contributed by atoms with Crippen LogP contribution in [0.1, 0.15) is 22.3 Å². The lowest BCUT2D eigenvalue weighted by atomic mass is 9.44. The van der Waals surface area contributed by atoms with Crippen molar-refractivity contribution in [2.24, 2.45) is 0 Å². The van der Waals surface area contributed by atoms with Crippen molar-refractivity contribution >= 4 is 99.3 Å². The van der Waals surface area contributed by atoms with E-state index in [1.807, 2.05) is 11.3 Å². The van der Waals surface area contributed by atoms with Gasteiger partial charge in [0, 0.05) is 47.7 Å². The average molecular weight is 727 g/mol. The SMILES string of the molecule is c1ccc2c(c1)-c1ccccc1C21c2ccccc2N2c3c(cccc31)B1c3c(cc4sc5ccccc5c4c32)-c2cccc3c4c5ccccc5oc4n1c23. The van der Waals surface area contributed by atoms with E-state index in [0.717, 1.165) is 11.3 Å². The van der Waals surface area contributed by atoms with Gasteiger partial charge in [0.2, 0.25) is 0 Å². The minimum Gasteiger partial charge on any atom is -0.441 e. The van der Waals surface area contributed by atoms with Crippen LogP contribution in [-0.4, -0.2) is 11.3 Å². The average Bonchev–Trinajstić information content (AvgIpc) is 3.99. The molecule has 256 valence electrons. The zero-order valence-electron chi connectivity index (χ0n) is 29.9. The zero-order chi connectivity index (χ0) is 36.0. The van der Waals surface area contributed by atoms with Crippen LogP contribution in [0.2, 0.25) is 0 Å². The fourth-order valence-corrected chi connectivity index (χ4v) is 12.9. The predicted molar refractivity (Wildman–Crippen MR) is 234 cm³/mol. The Hall–Kier alpha value is -6.82. The topological polar surface area (TPSA) is 21.3 Å². The number of para-hydroxylation sites is 4. The molecule has 15 rings (SSSR count). The van der Waals surface area contributed by atoms with Gasteiger partial charge in [-0.1, -0.05) is 140 Å². The molecular weight excluding hydrogens is 699 g/mol. The quantitative estimate of drug-likeness (QED) is 0.145. The summed E-state index contributed by atoms with van der Waals surface area (Å²) in [6.07, 6.45) is 0. The number of thiophene rings is 1. The second kappa shape index (κ2) is 9.51. The van der Waals surface area contributed by atoms with E-state index in [2.05, 4.69) is 173 Å². The van der Waals surface area contributed by atoms with Crippen LogP contribution in [0.4, 0.5) is 17.1 Å². The lowest BCUT2D eigenvalue weighted by Gasteiger charge is -2.49. The maximum atomic E-state index is 7.01. The maximum Gasteiger partial charge on any atom is 0.336 e. The molecule has 4 aliphatic rings. The van der Waals surface area contributed by atoms with Crippen molar-refractivity contribution in [3.8, 4) is 22.3 Å². The maximum absolute atomic E-state index is 7.01. The number of furan rings is 1. The second-order valence-electron chi connectivity index (χ2n) is 15.8. The Kier molecular flexibility index (Phi) is 4.86. The van der Waals surface area contributed by atoms with E-state index in [1.54, 1.807) is 0 Å². The molecule has 1 aliphatic carbocycles. The summed E-state index contributed by atoms with van der Waals surface area (Å²) in [7, 11) is 0. The smallest absolute Gasteiger partial charge is 0.336 e. The standard InChI is InChI=1S/C51H27BN2OS/c1-5-19-35-28(13-1)29-14-2-6-20-36(29)51(35)37-21-7-8-24-40(37)53-48-38(51)22-12-23-39(48)52-46-34(27-43-45(49(46)53)32-16-4-10-26-42(32)56-43)30-17-11-18-33-44-31-15-3-9-25-41(31)55-50(44)54(52)47(30)33/h1-27H. The first-order valence-electron chi connectivity index (χ1n) is 19.5. The summed E-state index contributed by atoms with van der Waals surface area (Å²) < 4.78 is 12.2. The summed E-state index contributed by atoms with van der Waals surface area (Å²) >= 11 is 1.91. The number of hydrogen-bond acceptors (Lipinski definition) is 3. The Morgan fingerprint density at radius 2 is 1.16 bits per heavy atom. The van der Waals surface area contributed by atoms with Crippen LogP contribution in [-0.2, 0) is 5.41 Å². The zero-order valence-corrected chi connectivity index (χ0v) is 30.7. The van der Waals surface area contributed by atoms with E-state index >= 15 is 0 Å². The summed E-state index contributed by atoms with van der Waals surface area (Å²) in [5, 5.41) is 6.26. The Balaban J connectivity index is 1.20. The monoisotopic (exact) mass is 726 g/mol. The van der Waals surface area contributed by atoms with Crippen LogP contribution in [0.5, 0.6) is 0 Å². The normalized spacial score (nSPS) is 14.9. The highest BCUT2D eigenvalue weighted by molar-refractivity contribution is 7.26. The molecule has 0 fully saturated rings. The highest BCUT2D eigenvalue weighted by Gasteiger charge is 2.55. The molecule has 8 aromatic carbocycles. The molecule has 0 atom stereocenters. The third-order valence-electron chi connectivity index (χ3n) is 13.6. The molecule has 5 heteroatoms. The van der Waals surface area contributed by atoms with Crippen LogP contribution in [0.3, 0.4) is 0 Å².